The first-order chi connectivity index (χ1) is 10.2. The molecule has 2 N–H and O–H groups in total. The third-order valence-corrected chi connectivity index (χ3v) is 5.70. The summed E-state index contributed by atoms with van der Waals surface area (Å²) in [5.41, 5.74) is 0. The molecule has 2 unspecified atom stereocenters. The zero-order valence-corrected chi connectivity index (χ0v) is 14.6. The molecule has 0 aromatic carbocycles. The largest absolute Gasteiger partial charge is 0.405 e. The highest BCUT2D eigenvalue weighted by Gasteiger charge is 2.44. The molecule has 0 spiro atoms. The van der Waals surface area contributed by atoms with Gasteiger partial charge in [-0.1, -0.05) is 6.92 Å². The molecule has 0 radical (unpaired) electrons. The van der Waals surface area contributed by atoms with Crippen molar-refractivity contribution in [1.82, 2.24) is 19.2 Å². The summed E-state index contributed by atoms with van der Waals surface area (Å²) in [5, 5.41) is 2.99. The van der Waals surface area contributed by atoms with Crippen LogP contribution in [-0.2, 0) is 10.2 Å². The lowest BCUT2D eigenvalue weighted by Gasteiger charge is -2.36. The second-order valence-corrected chi connectivity index (χ2v) is 7.70. The van der Waals surface area contributed by atoms with E-state index in [1.165, 1.54) is 9.21 Å². The fourth-order valence-corrected chi connectivity index (χ4v) is 4.18. The van der Waals surface area contributed by atoms with Crippen molar-refractivity contribution in [3.63, 3.8) is 0 Å². The number of halogens is 4. The summed E-state index contributed by atoms with van der Waals surface area (Å²) >= 11 is 0. The molecule has 2 atom stereocenters. The number of piperazine rings is 1. The number of nitrogens with one attached hydrogen (secondary N) is 2. The summed E-state index contributed by atoms with van der Waals surface area (Å²) in [5.74, 6) is 0.239. The van der Waals surface area contributed by atoms with Gasteiger partial charge in [0.25, 0.3) is 10.2 Å². The Balaban J connectivity index is 0.00000264. The Morgan fingerprint density at radius 3 is 2.35 bits per heavy atom. The van der Waals surface area contributed by atoms with Crippen LogP contribution in [0.15, 0.2) is 0 Å². The first-order valence-electron chi connectivity index (χ1n) is 7.46. The summed E-state index contributed by atoms with van der Waals surface area (Å²) in [6.07, 6.45) is -3.72. The number of hydrogen-bond donors (Lipinski definition) is 2. The third kappa shape index (κ3) is 5.71. The molecule has 0 amide bonds. The lowest BCUT2D eigenvalue weighted by atomic mass is 10.2. The van der Waals surface area contributed by atoms with Crippen LogP contribution in [0.4, 0.5) is 13.2 Å². The summed E-state index contributed by atoms with van der Waals surface area (Å²) < 4.78 is 67.2. The van der Waals surface area contributed by atoms with Crippen molar-refractivity contribution in [1.29, 1.82) is 0 Å². The molecular weight excluding hydrogens is 357 g/mol. The lowest BCUT2D eigenvalue weighted by molar-refractivity contribution is -0.182. The minimum Gasteiger partial charge on any atom is -0.314 e. The van der Waals surface area contributed by atoms with Crippen LogP contribution < -0.4 is 10.0 Å². The maximum atomic E-state index is 13.2. The topological polar surface area (TPSA) is 64.7 Å². The first-order valence-corrected chi connectivity index (χ1v) is 8.90. The Hall–Kier alpha value is -0.130. The SMILES string of the molecule is CC1CCN(S(=O)(=O)NCC(N2CCNCC2)C(F)(F)F)C1.Cl. The van der Waals surface area contributed by atoms with Gasteiger partial charge in [-0.3, -0.25) is 4.90 Å². The van der Waals surface area contributed by atoms with Gasteiger partial charge < -0.3 is 5.32 Å². The van der Waals surface area contributed by atoms with Gasteiger partial charge in [-0.05, 0) is 12.3 Å². The van der Waals surface area contributed by atoms with Crippen LogP contribution in [0.2, 0.25) is 0 Å². The number of hydrogen-bond acceptors (Lipinski definition) is 4. The minimum absolute atomic E-state index is 0. The van der Waals surface area contributed by atoms with Crippen molar-refractivity contribution in [3.8, 4) is 0 Å². The quantitative estimate of drug-likeness (QED) is 0.725. The highest BCUT2D eigenvalue weighted by molar-refractivity contribution is 7.87. The maximum absolute atomic E-state index is 13.2. The second-order valence-electron chi connectivity index (χ2n) is 5.95. The van der Waals surface area contributed by atoms with Crippen molar-refractivity contribution < 1.29 is 21.6 Å². The fraction of sp³-hybridized carbons (Fsp3) is 1.00. The molecule has 138 valence electrons. The van der Waals surface area contributed by atoms with E-state index in [9.17, 15) is 21.6 Å². The lowest BCUT2D eigenvalue weighted by Crippen LogP contribution is -2.58. The highest BCUT2D eigenvalue weighted by atomic mass is 35.5. The zero-order valence-electron chi connectivity index (χ0n) is 13.0. The van der Waals surface area contributed by atoms with E-state index < -0.39 is 29.0 Å². The van der Waals surface area contributed by atoms with Gasteiger partial charge in [0.05, 0.1) is 0 Å². The van der Waals surface area contributed by atoms with E-state index in [1.807, 2.05) is 6.92 Å². The Morgan fingerprint density at radius 1 is 1.26 bits per heavy atom. The van der Waals surface area contributed by atoms with Crippen molar-refractivity contribution in [2.75, 3.05) is 45.8 Å². The average molecular weight is 381 g/mol. The van der Waals surface area contributed by atoms with E-state index >= 15 is 0 Å². The van der Waals surface area contributed by atoms with Gasteiger partial charge in [0.2, 0.25) is 0 Å². The van der Waals surface area contributed by atoms with Gasteiger partial charge in [-0.15, -0.1) is 12.4 Å². The van der Waals surface area contributed by atoms with Gasteiger partial charge >= 0.3 is 6.18 Å². The molecule has 2 aliphatic heterocycles. The van der Waals surface area contributed by atoms with Crippen LogP contribution >= 0.6 is 12.4 Å². The summed E-state index contributed by atoms with van der Waals surface area (Å²) in [6.45, 7) is 3.47. The first kappa shape index (κ1) is 20.9. The van der Waals surface area contributed by atoms with Crippen LogP contribution in [-0.4, -0.2) is 75.7 Å². The van der Waals surface area contributed by atoms with Gasteiger partial charge in [0.15, 0.2) is 0 Å². The predicted octanol–water partition coefficient (Wildman–Crippen LogP) is 0.421. The molecule has 0 aromatic rings. The Kier molecular flexibility index (Phi) is 7.55. The van der Waals surface area contributed by atoms with Gasteiger partial charge in [-0.2, -0.15) is 25.9 Å². The molecule has 2 heterocycles. The molecule has 0 bridgehead atoms. The smallest absolute Gasteiger partial charge is 0.314 e. The van der Waals surface area contributed by atoms with Crippen LogP contribution in [0.3, 0.4) is 0 Å². The molecule has 0 aliphatic carbocycles. The molecule has 23 heavy (non-hydrogen) atoms. The molecule has 0 saturated carbocycles. The van der Waals surface area contributed by atoms with Crippen molar-refractivity contribution >= 4 is 22.6 Å². The van der Waals surface area contributed by atoms with E-state index in [-0.39, 0.29) is 31.4 Å². The summed E-state index contributed by atoms with van der Waals surface area (Å²) in [7, 11) is -3.85. The van der Waals surface area contributed by atoms with Crippen molar-refractivity contribution in [2.24, 2.45) is 5.92 Å². The number of rotatable bonds is 5. The third-order valence-electron chi connectivity index (χ3n) is 4.16. The van der Waals surface area contributed by atoms with E-state index in [0.717, 1.165) is 6.42 Å². The predicted molar refractivity (Wildman–Crippen MR) is 83.8 cm³/mol. The van der Waals surface area contributed by atoms with Crippen LogP contribution in [0.5, 0.6) is 0 Å². The molecule has 6 nitrogen and oxygen atoms in total. The molecule has 2 saturated heterocycles. The molecule has 0 aromatic heterocycles. The molecule has 2 rings (SSSR count). The molecule has 11 heteroatoms. The fourth-order valence-electron chi connectivity index (χ4n) is 2.83. The van der Waals surface area contributed by atoms with Crippen LogP contribution in [0, 0.1) is 5.92 Å². The summed E-state index contributed by atoms with van der Waals surface area (Å²) in [6, 6.07) is -1.79. The molecular formula is C12H24ClF3N4O2S. The normalized spacial score (nSPS) is 26.0. The Labute approximate surface area is 141 Å². The minimum atomic E-state index is -4.46. The summed E-state index contributed by atoms with van der Waals surface area (Å²) in [4.78, 5) is 1.28. The van der Waals surface area contributed by atoms with Gasteiger partial charge in [0, 0.05) is 45.8 Å². The second kappa shape index (κ2) is 8.30. The van der Waals surface area contributed by atoms with Crippen LogP contribution in [0.1, 0.15) is 13.3 Å². The van der Waals surface area contributed by atoms with E-state index in [1.54, 1.807) is 0 Å². The van der Waals surface area contributed by atoms with E-state index in [2.05, 4.69) is 10.0 Å². The average Bonchev–Trinajstić information content (AvgIpc) is 2.86. The molecule has 2 fully saturated rings. The van der Waals surface area contributed by atoms with E-state index in [0.29, 0.717) is 26.2 Å². The molecule has 2 aliphatic rings. The Bertz CT molecular complexity index is 471. The van der Waals surface area contributed by atoms with Crippen molar-refractivity contribution in [3.05, 3.63) is 0 Å². The van der Waals surface area contributed by atoms with E-state index in [4.69, 9.17) is 0 Å². The van der Waals surface area contributed by atoms with Crippen molar-refractivity contribution in [2.45, 2.75) is 25.6 Å². The zero-order chi connectivity index (χ0) is 16.4. The monoisotopic (exact) mass is 380 g/mol. The van der Waals surface area contributed by atoms with Gasteiger partial charge in [-0.25, -0.2) is 4.72 Å². The Morgan fingerprint density at radius 2 is 1.87 bits per heavy atom. The van der Waals surface area contributed by atoms with Crippen LogP contribution in [0.25, 0.3) is 0 Å². The van der Waals surface area contributed by atoms with Gasteiger partial charge in [0.1, 0.15) is 6.04 Å². The number of alkyl halides is 3. The maximum Gasteiger partial charge on any atom is 0.405 e. The standard InChI is InChI=1S/C12H23F3N4O2S.ClH/c1-10-2-5-19(9-10)22(20,21)17-8-11(12(13,14)15)18-6-3-16-4-7-18;/h10-11,16-17H,2-9H2,1H3;1H. The number of nitrogens with zero attached hydrogens (tertiary/aromatic N) is 2. The highest BCUT2D eigenvalue weighted by Crippen LogP contribution is 2.25.